The maximum absolute atomic E-state index is 13.2. The molecule has 2 N–H and O–H groups in total. The van der Waals surface area contributed by atoms with Crippen LogP contribution in [0.4, 0.5) is 10.9 Å². The molecule has 0 bridgehead atoms. The zero-order valence-corrected chi connectivity index (χ0v) is 27.9. The quantitative estimate of drug-likeness (QED) is 0.182. The van der Waals surface area contributed by atoms with Crippen LogP contribution in [0.2, 0.25) is 10.0 Å². The molecule has 0 aliphatic carbocycles. The number of hydrogen-bond donors (Lipinski definition) is 2. The van der Waals surface area contributed by atoms with Crippen LogP contribution in [0.25, 0.3) is 11.4 Å². The number of aromatic nitrogens is 4. The first-order chi connectivity index (χ1) is 21.7. The largest absolute Gasteiger partial charge is 0.462 e. The Morgan fingerprint density at radius 1 is 1.16 bits per heavy atom. The summed E-state index contributed by atoms with van der Waals surface area (Å²) in [6.45, 7) is 9.21. The summed E-state index contributed by atoms with van der Waals surface area (Å²) in [4.78, 5) is 59.1. The molecule has 2 saturated heterocycles. The second-order valence-corrected chi connectivity index (χ2v) is 12.7. The van der Waals surface area contributed by atoms with Gasteiger partial charge in [0.15, 0.2) is 10.9 Å². The fourth-order valence-electron chi connectivity index (χ4n) is 5.63. The first-order valence-electron chi connectivity index (χ1n) is 15.1. The molecule has 0 radical (unpaired) electrons. The van der Waals surface area contributed by atoms with E-state index in [0.717, 1.165) is 13.0 Å². The molecule has 5 heterocycles. The van der Waals surface area contributed by atoms with Gasteiger partial charge >= 0.3 is 5.97 Å². The van der Waals surface area contributed by atoms with Crippen molar-refractivity contribution in [3.63, 3.8) is 0 Å². The van der Waals surface area contributed by atoms with E-state index in [2.05, 4.69) is 25.2 Å². The van der Waals surface area contributed by atoms with Gasteiger partial charge in [-0.15, -0.1) is 0 Å². The molecule has 2 fully saturated rings. The number of thiazole rings is 1. The highest BCUT2D eigenvalue weighted by Gasteiger charge is 2.35. The second kappa shape index (κ2) is 14.9. The molecule has 0 saturated carbocycles. The van der Waals surface area contributed by atoms with Gasteiger partial charge in [0, 0.05) is 57.9 Å². The van der Waals surface area contributed by atoms with Crippen molar-refractivity contribution >= 4 is 63.1 Å². The third-order valence-electron chi connectivity index (χ3n) is 7.96. The normalized spacial score (nSPS) is 18.5. The molecular weight excluding hydrogens is 641 g/mol. The molecule has 15 heteroatoms. The number of likely N-dealkylation sites (tertiary alicyclic amines) is 1. The van der Waals surface area contributed by atoms with Crippen molar-refractivity contribution in [1.29, 1.82) is 0 Å². The van der Waals surface area contributed by atoms with Gasteiger partial charge in [-0.3, -0.25) is 9.59 Å². The standard InChI is InChI=1S/C30H37Cl2N7O5S/c1-4-43-21-16-39(11-8-18(21)13-20(40)27-25(32)24(31)17(3)36-27)30-37-26(28(45-30)29(42)44-5-2)19-14-35-22(15-34-19)33-9-12-38-10-6-7-23(38)41/h14-15,18,21,36H,4-13,16H2,1-3H3,(H,33,35)/t18-,21-/m0/s1. The van der Waals surface area contributed by atoms with E-state index in [-0.39, 0.29) is 41.8 Å². The average molecular weight is 679 g/mol. The van der Waals surface area contributed by atoms with Crippen molar-refractivity contribution in [2.75, 3.05) is 56.2 Å². The maximum atomic E-state index is 13.2. The maximum Gasteiger partial charge on any atom is 0.350 e. The second-order valence-electron chi connectivity index (χ2n) is 11.0. The van der Waals surface area contributed by atoms with Crippen molar-refractivity contribution in [2.24, 2.45) is 5.92 Å². The lowest BCUT2D eigenvalue weighted by Crippen LogP contribution is -2.46. The Balaban J connectivity index is 1.29. The lowest BCUT2D eigenvalue weighted by molar-refractivity contribution is -0.127. The number of H-pyrrole nitrogens is 1. The summed E-state index contributed by atoms with van der Waals surface area (Å²) in [5, 5.41) is 4.44. The summed E-state index contributed by atoms with van der Waals surface area (Å²) in [6.07, 6.45) is 5.37. The van der Waals surface area contributed by atoms with Crippen molar-refractivity contribution in [2.45, 2.75) is 52.6 Å². The number of nitrogens with one attached hydrogen (secondary N) is 2. The summed E-state index contributed by atoms with van der Waals surface area (Å²) < 4.78 is 11.4. The topological polar surface area (TPSA) is 143 Å². The predicted octanol–water partition coefficient (Wildman–Crippen LogP) is 5.26. The van der Waals surface area contributed by atoms with Gasteiger partial charge in [0.25, 0.3) is 0 Å². The SMILES string of the molecule is CCOC(=O)c1sc(N2CC[C@@H](CC(=O)c3[nH]c(C)c(Cl)c3Cl)[C@@H](OCC)C2)nc1-c1cnc(NCCN2CCCC2=O)cn1. The smallest absolute Gasteiger partial charge is 0.350 e. The third kappa shape index (κ3) is 7.59. The van der Waals surface area contributed by atoms with Crippen LogP contribution in [0.5, 0.6) is 0 Å². The van der Waals surface area contributed by atoms with Crippen LogP contribution in [0, 0.1) is 12.8 Å². The van der Waals surface area contributed by atoms with Gasteiger partial charge in [0.05, 0.1) is 35.1 Å². The van der Waals surface area contributed by atoms with E-state index < -0.39 is 5.97 Å². The Labute approximate surface area is 275 Å². The summed E-state index contributed by atoms with van der Waals surface area (Å²) in [5.41, 5.74) is 1.82. The van der Waals surface area contributed by atoms with Gasteiger partial charge in [-0.25, -0.2) is 19.7 Å². The van der Waals surface area contributed by atoms with E-state index >= 15 is 0 Å². The van der Waals surface area contributed by atoms with Gasteiger partial charge in [-0.2, -0.15) is 0 Å². The number of Topliss-reactive ketones (excluding diaryl/α,β-unsaturated/α-hetero) is 1. The number of amides is 1. The number of anilines is 2. The Bertz CT molecular complexity index is 1530. The highest BCUT2D eigenvalue weighted by atomic mass is 35.5. The molecule has 3 aromatic heterocycles. The number of halogens is 2. The molecule has 12 nitrogen and oxygen atoms in total. The highest BCUT2D eigenvalue weighted by Crippen LogP contribution is 2.37. The van der Waals surface area contributed by atoms with Gasteiger partial charge in [0.1, 0.15) is 27.8 Å². The Morgan fingerprint density at radius 3 is 2.62 bits per heavy atom. The zero-order chi connectivity index (χ0) is 32.1. The van der Waals surface area contributed by atoms with Crippen LogP contribution in [0.15, 0.2) is 12.4 Å². The van der Waals surface area contributed by atoms with Gasteiger partial charge in [0.2, 0.25) is 5.91 Å². The summed E-state index contributed by atoms with van der Waals surface area (Å²) in [6, 6.07) is 0. The fraction of sp³-hybridized carbons (Fsp3) is 0.533. The zero-order valence-electron chi connectivity index (χ0n) is 25.5. The lowest BCUT2D eigenvalue weighted by Gasteiger charge is -2.38. The minimum atomic E-state index is -0.478. The number of aromatic amines is 1. The summed E-state index contributed by atoms with van der Waals surface area (Å²) in [5.74, 6) is 0.115. The number of nitrogens with zero attached hydrogens (tertiary/aromatic N) is 5. The average Bonchev–Trinajstić information content (AvgIpc) is 3.73. The summed E-state index contributed by atoms with van der Waals surface area (Å²) >= 11 is 13.7. The van der Waals surface area contributed by atoms with Crippen LogP contribution >= 0.6 is 34.5 Å². The van der Waals surface area contributed by atoms with Crippen LogP contribution in [-0.4, -0.2) is 94.5 Å². The van der Waals surface area contributed by atoms with E-state index in [1.54, 1.807) is 26.2 Å². The molecule has 2 atom stereocenters. The number of rotatable bonds is 13. The molecule has 45 heavy (non-hydrogen) atoms. The van der Waals surface area contributed by atoms with E-state index in [0.29, 0.717) is 89.3 Å². The van der Waals surface area contributed by atoms with Crippen molar-refractivity contribution in [3.05, 3.63) is 38.7 Å². The van der Waals surface area contributed by atoms with Crippen LogP contribution in [0.3, 0.4) is 0 Å². The molecule has 5 rings (SSSR count). The number of hydrogen-bond acceptors (Lipinski definition) is 11. The van der Waals surface area contributed by atoms with E-state index in [4.69, 9.17) is 37.7 Å². The molecule has 0 spiro atoms. The molecule has 2 aliphatic rings. The number of ether oxygens (including phenoxy) is 2. The van der Waals surface area contributed by atoms with E-state index in [1.165, 1.54) is 11.3 Å². The molecule has 3 aromatic rings. The predicted molar refractivity (Wildman–Crippen MR) is 174 cm³/mol. The Morgan fingerprint density at radius 2 is 1.98 bits per heavy atom. The van der Waals surface area contributed by atoms with Crippen molar-refractivity contribution in [1.82, 2.24) is 24.8 Å². The van der Waals surface area contributed by atoms with Crippen molar-refractivity contribution in [3.8, 4) is 11.4 Å². The number of esters is 1. The van der Waals surface area contributed by atoms with Crippen LogP contribution < -0.4 is 10.2 Å². The van der Waals surface area contributed by atoms with Gasteiger partial charge in [-0.1, -0.05) is 34.5 Å². The van der Waals surface area contributed by atoms with E-state index in [1.807, 2.05) is 11.8 Å². The lowest BCUT2D eigenvalue weighted by atomic mass is 9.88. The first kappa shape index (κ1) is 33.1. The van der Waals surface area contributed by atoms with Crippen molar-refractivity contribution < 1.29 is 23.9 Å². The highest BCUT2D eigenvalue weighted by molar-refractivity contribution is 7.17. The molecule has 0 unspecified atom stereocenters. The number of piperidine rings is 1. The van der Waals surface area contributed by atoms with Crippen LogP contribution in [0.1, 0.15) is 65.4 Å². The third-order valence-corrected chi connectivity index (χ3v) is 10.0. The fourth-order valence-corrected chi connectivity index (χ4v) is 7.07. The van der Waals surface area contributed by atoms with E-state index in [9.17, 15) is 14.4 Å². The monoisotopic (exact) mass is 677 g/mol. The Kier molecular flexibility index (Phi) is 11.0. The number of ketones is 1. The number of carbonyl (C=O) groups is 3. The first-order valence-corrected chi connectivity index (χ1v) is 16.7. The molecule has 2 aliphatic heterocycles. The number of carbonyl (C=O) groups excluding carboxylic acids is 3. The molecule has 1 amide bonds. The van der Waals surface area contributed by atoms with Crippen LogP contribution in [-0.2, 0) is 14.3 Å². The van der Waals surface area contributed by atoms with Gasteiger partial charge < -0.3 is 29.6 Å². The minimum Gasteiger partial charge on any atom is -0.462 e. The number of aryl methyl sites for hydroxylation is 1. The summed E-state index contributed by atoms with van der Waals surface area (Å²) in [7, 11) is 0. The molecular formula is C30H37Cl2N7O5S. The Hall–Kier alpha value is -3.26. The minimum absolute atomic E-state index is 0.0365. The van der Waals surface area contributed by atoms with Gasteiger partial charge in [-0.05, 0) is 39.5 Å². The molecule has 0 aromatic carbocycles. The molecule has 242 valence electrons.